The molecule has 0 aliphatic carbocycles. The van der Waals surface area contributed by atoms with E-state index in [4.69, 9.17) is 0 Å². The summed E-state index contributed by atoms with van der Waals surface area (Å²) in [7, 11) is 0. The zero-order valence-electron chi connectivity index (χ0n) is 9.54. The van der Waals surface area contributed by atoms with Gasteiger partial charge in [-0.3, -0.25) is 9.69 Å². The maximum Gasteiger partial charge on any atom is 0.223 e. The molecule has 2 fully saturated rings. The minimum atomic E-state index is 0.318. The fourth-order valence-electron chi connectivity index (χ4n) is 2.51. The average Bonchev–Trinajstić information content (AvgIpc) is 2.70. The first-order valence-corrected chi connectivity index (χ1v) is 6.06. The highest BCUT2D eigenvalue weighted by molar-refractivity contribution is 5.76. The topological polar surface area (TPSA) is 35.6 Å². The average molecular weight is 211 g/mol. The van der Waals surface area contributed by atoms with Gasteiger partial charge in [-0.1, -0.05) is 0 Å². The lowest BCUT2D eigenvalue weighted by atomic mass is 10.3. The summed E-state index contributed by atoms with van der Waals surface area (Å²) in [6.45, 7) is 6.89. The minimum Gasteiger partial charge on any atom is -0.342 e. The molecule has 1 amide bonds. The summed E-state index contributed by atoms with van der Waals surface area (Å²) in [6, 6.07) is 0. The summed E-state index contributed by atoms with van der Waals surface area (Å²) < 4.78 is 0. The number of carbonyl (C=O) groups excluding carboxylic acids is 1. The van der Waals surface area contributed by atoms with E-state index >= 15 is 0 Å². The third-order valence-corrected chi connectivity index (χ3v) is 3.48. The van der Waals surface area contributed by atoms with Crippen molar-refractivity contribution in [1.29, 1.82) is 0 Å². The first-order valence-electron chi connectivity index (χ1n) is 6.06. The number of hydrogen-bond acceptors (Lipinski definition) is 3. The number of nitrogens with one attached hydrogen (secondary N) is 1. The monoisotopic (exact) mass is 211 g/mol. The first kappa shape index (κ1) is 10.9. The van der Waals surface area contributed by atoms with Gasteiger partial charge in [0.25, 0.3) is 0 Å². The van der Waals surface area contributed by atoms with Crippen molar-refractivity contribution < 1.29 is 4.79 Å². The van der Waals surface area contributed by atoms with E-state index in [0.29, 0.717) is 18.5 Å². The highest BCUT2D eigenvalue weighted by Gasteiger charge is 2.26. The van der Waals surface area contributed by atoms with E-state index in [1.165, 1.54) is 12.8 Å². The third-order valence-electron chi connectivity index (χ3n) is 3.48. The number of rotatable bonds is 2. The van der Waals surface area contributed by atoms with Crippen molar-refractivity contribution >= 4 is 5.91 Å². The molecule has 0 radical (unpaired) electrons. The summed E-state index contributed by atoms with van der Waals surface area (Å²) >= 11 is 0. The van der Waals surface area contributed by atoms with Crippen molar-refractivity contribution in [3.05, 3.63) is 0 Å². The van der Waals surface area contributed by atoms with Gasteiger partial charge in [0.2, 0.25) is 5.91 Å². The third kappa shape index (κ3) is 2.49. The molecule has 2 rings (SSSR count). The van der Waals surface area contributed by atoms with Crippen molar-refractivity contribution in [2.24, 2.45) is 0 Å². The van der Waals surface area contributed by atoms with Gasteiger partial charge in [-0.05, 0) is 26.3 Å². The second kappa shape index (κ2) is 4.94. The molecule has 0 bridgehead atoms. The van der Waals surface area contributed by atoms with Gasteiger partial charge < -0.3 is 10.2 Å². The van der Waals surface area contributed by atoms with Crippen LogP contribution in [-0.4, -0.2) is 54.6 Å². The van der Waals surface area contributed by atoms with E-state index in [1.807, 2.05) is 4.90 Å². The van der Waals surface area contributed by atoms with Gasteiger partial charge in [-0.15, -0.1) is 0 Å². The van der Waals surface area contributed by atoms with Crippen LogP contribution in [0, 0.1) is 0 Å². The summed E-state index contributed by atoms with van der Waals surface area (Å²) in [5, 5.41) is 3.50. The Bertz CT molecular complexity index is 226. The standard InChI is InChI=1S/C11H21N3O/c1-2-13-8-9-14(7-5-11(13)15)10-4-3-6-12-10/h10,12H,2-9H2,1H3. The van der Waals surface area contributed by atoms with Gasteiger partial charge in [-0.2, -0.15) is 0 Å². The smallest absolute Gasteiger partial charge is 0.223 e. The predicted octanol–water partition coefficient (Wildman–Crippen LogP) is 0.250. The summed E-state index contributed by atoms with van der Waals surface area (Å²) in [6.07, 6.45) is 3.72. The van der Waals surface area contributed by atoms with E-state index in [1.54, 1.807) is 0 Å². The van der Waals surface area contributed by atoms with Crippen LogP contribution < -0.4 is 5.32 Å². The van der Waals surface area contributed by atoms with Gasteiger partial charge in [0.15, 0.2) is 0 Å². The maximum atomic E-state index is 11.7. The zero-order valence-corrected chi connectivity index (χ0v) is 9.54. The first-order chi connectivity index (χ1) is 7.31. The molecule has 86 valence electrons. The molecule has 4 heteroatoms. The van der Waals surface area contributed by atoms with Crippen LogP contribution in [0.15, 0.2) is 0 Å². The van der Waals surface area contributed by atoms with Crippen LogP contribution in [0.25, 0.3) is 0 Å². The fourth-order valence-corrected chi connectivity index (χ4v) is 2.51. The lowest BCUT2D eigenvalue weighted by molar-refractivity contribution is -0.130. The SMILES string of the molecule is CCN1CCN(C2CCCN2)CCC1=O. The van der Waals surface area contributed by atoms with E-state index in [-0.39, 0.29) is 0 Å². The highest BCUT2D eigenvalue weighted by Crippen LogP contribution is 2.13. The number of amides is 1. The number of nitrogens with zero attached hydrogens (tertiary/aromatic N) is 2. The summed E-state index contributed by atoms with van der Waals surface area (Å²) in [5.41, 5.74) is 0. The Labute approximate surface area is 91.6 Å². The Morgan fingerprint density at radius 1 is 1.40 bits per heavy atom. The van der Waals surface area contributed by atoms with Crippen molar-refractivity contribution in [3.8, 4) is 0 Å². The lowest BCUT2D eigenvalue weighted by Gasteiger charge is -2.27. The normalized spacial score (nSPS) is 29.5. The van der Waals surface area contributed by atoms with Crippen LogP contribution in [0.4, 0.5) is 0 Å². The highest BCUT2D eigenvalue weighted by atomic mass is 16.2. The molecule has 0 spiro atoms. The molecule has 0 aromatic heterocycles. The van der Waals surface area contributed by atoms with Crippen LogP contribution in [0.3, 0.4) is 0 Å². The molecular formula is C11H21N3O. The van der Waals surface area contributed by atoms with Crippen LogP contribution in [0.2, 0.25) is 0 Å². The fraction of sp³-hybridized carbons (Fsp3) is 0.909. The molecule has 2 aliphatic heterocycles. The summed E-state index contributed by atoms with van der Waals surface area (Å²) in [5.74, 6) is 0.318. The quantitative estimate of drug-likeness (QED) is 0.711. The Hall–Kier alpha value is -0.610. The molecule has 1 atom stereocenters. The van der Waals surface area contributed by atoms with Crippen LogP contribution in [0.1, 0.15) is 26.2 Å². The molecule has 2 aliphatic rings. The molecule has 2 heterocycles. The lowest BCUT2D eigenvalue weighted by Crippen LogP contribution is -2.43. The summed E-state index contributed by atoms with van der Waals surface area (Å²) in [4.78, 5) is 16.1. The molecule has 0 aromatic carbocycles. The largest absolute Gasteiger partial charge is 0.342 e. The molecule has 0 aromatic rings. The van der Waals surface area contributed by atoms with Crippen LogP contribution in [-0.2, 0) is 4.79 Å². The van der Waals surface area contributed by atoms with E-state index in [0.717, 1.165) is 32.7 Å². The number of likely N-dealkylation sites (N-methyl/N-ethyl adjacent to an activating group) is 1. The zero-order chi connectivity index (χ0) is 10.7. The Balaban J connectivity index is 1.90. The number of hydrogen-bond donors (Lipinski definition) is 1. The van der Waals surface area contributed by atoms with Crippen molar-refractivity contribution in [2.45, 2.75) is 32.4 Å². The Morgan fingerprint density at radius 3 is 2.93 bits per heavy atom. The van der Waals surface area contributed by atoms with Crippen molar-refractivity contribution in [2.75, 3.05) is 32.7 Å². The molecule has 15 heavy (non-hydrogen) atoms. The molecule has 4 nitrogen and oxygen atoms in total. The van der Waals surface area contributed by atoms with Gasteiger partial charge in [-0.25, -0.2) is 0 Å². The van der Waals surface area contributed by atoms with E-state index in [9.17, 15) is 4.79 Å². The second-order valence-electron chi connectivity index (χ2n) is 4.37. The Kier molecular flexibility index (Phi) is 3.59. The molecule has 2 saturated heterocycles. The van der Waals surface area contributed by atoms with Crippen LogP contribution >= 0.6 is 0 Å². The Morgan fingerprint density at radius 2 is 2.27 bits per heavy atom. The van der Waals surface area contributed by atoms with E-state index in [2.05, 4.69) is 17.1 Å². The molecule has 1 unspecified atom stereocenters. The molecule has 1 N–H and O–H groups in total. The van der Waals surface area contributed by atoms with Gasteiger partial charge in [0.05, 0.1) is 6.17 Å². The maximum absolute atomic E-state index is 11.7. The van der Waals surface area contributed by atoms with Crippen molar-refractivity contribution in [3.63, 3.8) is 0 Å². The van der Waals surface area contributed by atoms with Gasteiger partial charge in [0.1, 0.15) is 0 Å². The molecule has 0 saturated carbocycles. The van der Waals surface area contributed by atoms with E-state index < -0.39 is 0 Å². The second-order valence-corrected chi connectivity index (χ2v) is 4.37. The van der Waals surface area contributed by atoms with Crippen LogP contribution in [0.5, 0.6) is 0 Å². The predicted molar refractivity (Wildman–Crippen MR) is 59.5 cm³/mol. The molecular weight excluding hydrogens is 190 g/mol. The number of carbonyl (C=O) groups is 1. The van der Waals surface area contributed by atoms with Gasteiger partial charge in [0, 0.05) is 32.6 Å². The minimum absolute atomic E-state index is 0.318. The van der Waals surface area contributed by atoms with Crippen molar-refractivity contribution in [1.82, 2.24) is 15.1 Å². The van der Waals surface area contributed by atoms with Gasteiger partial charge >= 0.3 is 0 Å².